The van der Waals surface area contributed by atoms with Crippen molar-refractivity contribution in [2.45, 2.75) is 31.2 Å². The average molecular weight is 271 g/mol. The van der Waals surface area contributed by atoms with Gasteiger partial charge in [-0.25, -0.2) is 0 Å². The van der Waals surface area contributed by atoms with Crippen LogP contribution in [0.25, 0.3) is 0 Å². The normalized spacial score (nSPS) is 28.8. The van der Waals surface area contributed by atoms with Gasteiger partial charge in [0.05, 0.1) is 6.61 Å². The maximum absolute atomic E-state index is 6.70. The third-order valence-corrected chi connectivity index (χ3v) is 4.34. The monoisotopic (exact) mass is 271 g/mol. The van der Waals surface area contributed by atoms with Crippen LogP contribution in [0.1, 0.15) is 43.0 Å². The predicted octanol–water partition coefficient (Wildman–Crippen LogP) is 2.18. The second kappa shape index (κ2) is 4.06. The van der Waals surface area contributed by atoms with Crippen LogP contribution >= 0.6 is 0 Å². The molecule has 2 unspecified atom stereocenters. The smallest absolute Gasteiger partial charge is 0.229 e. The lowest BCUT2D eigenvalue weighted by atomic mass is 9.77. The van der Waals surface area contributed by atoms with E-state index in [0.717, 1.165) is 30.0 Å². The topological polar surface area (TPSA) is 74.2 Å². The van der Waals surface area contributed by atoms with E-state index in [1.54, 1.807) is 0 Å². The summed E-state index contributed by atoms with van der Waals surface area (Å²) in [6, 6.07) is 7.83. The summed E-state index contributed by atoms with van der Waals surface area (Å²) in [6.45, 7) is 2.61. The van der Waals surface area contributed by atoms with Gasteiger partial charge in [0.25, 0.3) is 0 Å². The minimum atomic E-state index is -0.745. The molecule has 0 amide bonds. The van der Waals surface area contributed by atoms with Crippen LogP contribution in [0.4, 0.5) is 0 Å². The van der Waals surface area contributed by atoms with Crippen molar-refractivity contribution >= 4 is 0 Å². The highest BCUT2D eigenvalue weighted by atomic mass is 16.5. The Kier molecular flexibility index (Phi) is 2.41. The molecule has 20 heavy (non-hydrogen) atoms. The molecule has 1 aromatic heterocycles. The lowest BCUT2D eigenvalue weighted by Crippen LogP contribution is -2.50. The zero-order valence-electron chi connectivity index (χ0n) is 11.4. The van der Waals surface area contributed by atoms with Crippen molar-refractivity contribution in [2.24, 2.45) is 11.7 Å². The summed E-state index contributed by atoms with van der Waals surface area (Å²) >= 11 is 0. The van der Waals surface area contributed by atoms with Gasteiger partial charge in [-0.3, -0.25) is 0 Å². The number of ether oxygens (including phenoxy) is 1. The van der Waals surface area contributed by atoms with Gasteiger partial charge in [-0.05, 0) is 18.9 Å². The number of rotatable bonds is 2. The van der Waals surface area contributed by atoms with Crippen LogP contribution in [0.15, 0.2) is 28.8 Å². The Bertz CT molecular complexity index is 650. The third-order valence-electron chi connectivity index (χ3n) is 4.34. The van der Waals surface area contributed by atoms with Crippen molar-refractivity contribution in [3.8, 4) is 5.75 Å². The lowest BCUT2D eigenvalue weighted by molar-refractivity contribution is 0.160. The van der Waals surface area contributed by atoms with Crippen molar-refractivity contribution in [1.29, 1.82) is 0 Å². The standard InChI is InChI=1S/C15H17N3O2/c1-9-8-19-12-5-3-2-4-11(12)15(9,16)14-17-13(20-18-14)10-6-7-10/h2-5,9-10H,6-8,16H2,1H3. The molecule has 104 valence electrons. The number of nitrogens with zero attached hydrogens (tertiary/aromatic N) is 2. The van der Waals surface area contributed by atoms with Crippen molar-refractivity contribution in [3.63, 3.8) is 0 Å². The van der Waals surface area contributed by atoms with E-state index in [4.69, 9.17) is 15.0 Å². The summed E-state index contributed by atoms with van der Waals surface area (Å²) < 4.78 is 11.1. The largest absolute Gasteiger partial charge is 0.493 e. The Morgan fingerprint density at radius 2 is 2.10 bits per heavy atom. The Morgan fingerprint density at radius 1 is 1.30 bits per heavy atom. The van der Waals surface area contributed by atoms with Crippen LogP contribution < -0.4 is 10.5 Å². The molecule has 4 rings (SSSR count). The first kappa shape index (κ1) is 11.9. The van der Waals surface area contributed by atoms with Crippen LogP contribution in [0.5, 0.6) is 5.75 Å². The van der Waals surface area contributed by atoms with Crippen molar-refractivity contribution < 1.29 is 9.26 Å². The predicted molar refractivity (Wildman–Crippen MR) is 72.3 cm³/mol. The minimum Gasteiger partial charge on any atom is -0.493 e. The first-order valence-corrected chi connectivity index (χ1v) is 7.05. The van der Waals surface area contributed by atoms with E-state index in [1.807, 2.05) is 24.3 Å². The Labute approximate surface area is 117 Å². The Hall–Kier alpha value is -1.88. The second-order valence-corrected chi connectivity index (χ2v) is 5.81. The highest BCUT2D eigenvalue weighted by Gasteiger charge is 2.46. The Balaban J connectivity index is 1.84. The van der Waals surface area contributed by atoms with Crippen LogP contribution in [0, 0.1) is 5.92 Å². The molecule has 1 aliphatic carbocycles. The van der Waals surface area contributed by atoms with Crippen LogP contribution in [0.3, 0.4) is 0 Å². The summed E-state index contributed by atoms with van der Waals surface area (Å²) in [7, 11) is 0. The van der Waals surface area contributed by atoms with Gasteiger partial charge >= 0.3 is 0 Å². The molecule has 2 aliphatic rings. The molecule has 2 aromatic rings. The van der Waals surface area contributed by atoms with Crippen LogP contribution in [-0.4, -0.2) is 16.7 Å². The van der Waals surface area contributed by atoms with Gasteiger partial charge in [0.2, 0.25) is 5.89 Å². The van der Waals surface area contributed by atoms with Gasteiger partial charge in [-0.2, -0.15) is 4.98 Å². The highest BCUT2D eigenvalue weighted by Crippen LogP contribution is 2.44. The summed E-state index contributed by atoms with van der Waals surface area (Å²) in [5.74, 6) is 2.63. The molecule has 5 nitrogen and oxygen atoms in total. The van der Waals surface area contributed by atoms with Gasteiger partial charge in [-0.15, -0.1) is 0 Å². The molecule has 0 spiro atoms. The quantitative estimate of drug-likeness (QED) is 0.906. The highest BCUT2D eigenvalue weighted by molar-refractivity contribution is 5.45. The Morgan fingerprint density at radius 3 is 2.90 bits per heavy atom. The van der Waals surface area contributed by atoms with E-state index in [-0.39, 0.29) is 5.92 Å². The second-order valence-electron chi connectivity index (χ2n) is 5.81. The number of hydrogen-bond acceptors (Lipinski definition) is 5. The molecule has 0 radical (unpaired) electrons. The van der Waals surface area contributed by atoms with Gasteiger partial charge in [0.15, 0.2) is 5.82 Å². The lowest BCUT2D eigenvalue weighted by Gasteiger charge is -2.38. The SMILES string of the molecule is CC1COc2ccccc2C1(N)c1noc(C2CC2)n1. The van der Waals surface area contributed by atoms with E-state index < -0.39 is 5.54 Å². The fourth-order valence-electron chi connectivity index (χ4n) is 2.79. The van der Waals surface area contributed by atoms with E-state index >= 15 is 0 Å². The summed E-state index contributed by atoms with van der Waals surface area (Å²) in [5, 5.41) is 4.16. The van der Waals surface area contributed by atoms with Gasteiger partial charge in [-0.1, -0.05) is 30.3 Å². The van der Waals surface area contributed by atoms with Gasteiger partial charge in [0.1, 0.15) is 11.3 Å². The van der Waals surface area contributed by atoms with Gasteiger partial charge < -0.3 is 15.0 Å². The zero-order valence-corrected chi connectivity index (χ0v) is 11.4. The van der Waals surface area contributed by atoms with E-state index in [9.17, 15) is 0 Å². The first-order valence-electron chi connectivity index (χ1n) is 7.05. The summed E-state index contributed by atoms with van der Waals surface area (Å²) in [6.07, 6.45) is 2.27. The molecule has 2 N–H and O–H groups in total. The molecule has 0 saturated heterocycles. The van der Waals surface area contributed by atoms with Crippen molar-refractivity contribution in [1.82, 2.24) is 10.1 Å². The molecule has 2 atom stereocenters. The number of hydrogen-bond donors (Lipinski definition) is 1. The zero-order chi connectivity index (χ0) is 13.7. The molecule has 0 bridgehead atoms. The number of nitrogens with two attached hydrogens (primary N) is 1. The molecular weight excluding hydrogens is 254 g/mol. The number of benzene rings is 1. The van der Waals surface area contributed by atoms with Crippen molar-refractivity contribution in [2.75, 3.05) is 6.61 Å². The maximum atomic E-state index is 6.70. The number of para-hydroxylation sites is 1. The van der Waals surface area contributed by atoms with Gasteiger partial charge in [0, 0.05) is 17.4 Å². The van der Waals surface area contributed by atoms with Crippen LogP contribution in [0.2, 0.25) is 0 Å². The fraction of sp³-hybridized carbons (Fsp3) is 0.467. The summed E-state index contributed by atoms with van der Waals surface area (Å²) in [5.41, 5.74) is 6.89. The average Bonchev–Trinajstić information content (AvgIpc) is 3.20. The van der Waals surface area contributed by atoms with E-state index in [0.29, 0.717) is 18.3 Å². The van der Waals surface area contributed by atoms with Crippen LogP contribution in [-0.2, 0) is 5.54 Å². The third kappa shape index (κ3) is 1.59. The molecule has 5 heteroatoms. The maximum Gasteiger partial charge on any atom is 0.229 e. The summed E-state index contributed by atoms with van der Waals surface area (Å²) in [4.78, 5) is 4.56. The van der Waals surface area contributed by atoms with Crippen molar-refractivity contribution in [3.05, 3.63) is 41.5 Å². The molecule has 1 saturated carbocycles. The molecule has 1 aromatic carbocycles. The first-order chi connectivity index (χ1) is 9.69. The minimum absolute atomic E-state index is 0.0852. The number of aromatic nitrogens is 2. The molecule has 1 fully saturated rings. The number of fused-ring (bicyclic) bond motifs is 1. The van der Waals surface area contributed by atoms with E-state index in [2.05, 4.69) is 17.1 Å². The molecular formula is C15H17N3O2. The van der Waals surface area contributed by atoms with E-state index in [1.165, 1.54) is 0 Å². The fourth-order valence-corrected chi connectivity index (χ4v) is 2.79. The molecule has 1 aliphatic heterocycles. The molecule has 2 heterocycles.